The van der Waals surface area contributed by atoms with Crippen molar-refractivity contribution < 1.29 is 0 Å². The predicted octanol–water partition coefficient (Wildman–Crippen LogP) is 15.1. The summed E-state index contributed by atoms with van der Waals surface area (Å²) in [6, 6.07) is 67.3. The molecule has 1 aliphatic rings. The van der Waals surface area contributed by atoms with Crippen molar-refractivity contribution in [2.45, 2.75) is 12.8 Å². The van der Waals surface area contributed by atoms with Crippen LogP contribution in [0.15, 0.2) is 194 Å². The number of hydrogen-bond acceptors (Lipinski definition) is 2. The average Bonchev–Trinajstić information content (AvgIpc) is 4.09. The van der Waals surface area contributed by atoms with Gasteiger partial charge in [0.05, 0.1) is 22.1 Å². The summed E-state index contributed by atoms with van der Waals surface area (Å²) in [5.41, 5.74) is 19.8. The van der Waals surface area contributed by atoms with E-state index >= 15 is 0 Å². The second-order valence-electron chi connectivity index (χ2n) is 18.6. The lowest BCUT2D eigenvalue weighted by molar-refractivity contribution is 0.941. The minimum atomic E-state index is 0.912. The zero-order valence-electron chi connectivity index (χ0n) is 37.6. The van der Waals surface area contributed by atoms with Gasteiger partial charge >= 0.3 is 0 Å². The van der Waals surface area contributed by atoms with Crippen LogP contribution in [-0.4, -0.2) is 28.2 Å². The Morgan fingerprint density at radius 2 is 0.809 bits per heavy atom. The number of aryl methyl sites for hydroxylation is 4. The van der Waals surface area contributed by atoms with Gasteiger partial charge in [-0.3, -0.25) is 9.13 Å². The Morgan fingerprint density at radius 1 is 0.338 bits per heavy atom. The molecule has 0 amide bonds. The summed E-state index contributed by atoms with van der Waals surface area (Å²) < 4.78 is 9.37. The third-order valence-corrected chi connectivity index (χ3v) is 15.2. The van der Waals surface area contributed by atoms with Gasteiger partial charge in [-0.2, -0.15) is 0 Å². The van der Waals surface area contributed by atoms with Crippen molar-refractivity contribution in [1.82, 2.24) is 28.2 Å². The molecular formula is C62H42N6. The summed E-state index contributed by atoms with van der Waals surface area (Å²) in [6.45, 7) is 0. The summed E-state index contributed by atoms with van der Waals surface area (Å²) in [6.07, 6.45) is 5.67. The molecule has 1 aliphatic carbocycles. The number of para-hydroxylation sites is 2. The Bertz CT molecular complexity index is 4320. The average molecular weight is 871 g/mol. The summed E-state index contributed by atoms with van der Waals surface area (Å²) in [5, 5.41) is 10.1. The molecule has 320 valence electrons. The van der Waals surface area contributed by atoms with Crippen molar-refractivity contribution in [2.24, 2.45) is 14.1 Å². The van der Waals surface area contributed by atoms with Gasteiger partial charge in [0.25, 0.3) is 0 Å². The minimum Gasteiger partial charge on any atom is -0.344 e. The van der Waals surface area contributed by atoms with Crippen molar-refractivity contribution in [3.63, 3.8) is 0 Å². The molecule has 0 bridgehead atoms. The highest BCUT2D eigenvalue weighted by atomic mass is 15.1. The lowest BCUT2D eigenvalue weighted by Gasteiger charge is -2.22. The molecule has 68 heavy (non-hydrogen) atoms. The second kappa shape index (κ2) is 13.9. The summed E-state index contributed by atoms with van der Waals surface area (Å²) >= 11 is 0. The quantitative estimate of drug-likeness (QED) is 0.177. The van der Waals surface area contributed by atoms with E-state index in [1.165, 1.54) is 115 Å². The molecule has 8 aromatic carbocycles. The highest BCUT2D eigenvalue weighted by Crippen LogP contribution is 2.46. The Hall–Kier alpha value is -8.74. The molecule has 0 spiro atoms. The van der Waals surface area contributed by atoms with E-state index in [0.29, 0.717) is 0 Å². The fourth-order valence-electron chi connectivity index (χ4n) is 12.0. The molecule has 6 aromatic heterocycles. The molecule has 0 unspecified atom stereocenters. The van der Waals surface area contributed by atoms with Crippen LogP contribution in [0.25, 0.3) is 132 Å². The number of rotatable bonds is 4. The Morgan fingerprint density at radius 3 is 1.38 bits per heavy atom. The van der Waals surface area contributed by atoms with E-state index in [-0.39, 0.29) is 0 Å². The van der Waals surface area contributed by atoms with E-state index in [2.05, 4.69) is 202 Å². The molecule has 15 rings (SSSR count). The molecule has 0 saturated carbocycles. The zero-order valence-corrected chi connectivity index (χ0v) is 37.6. The van der Waals surface area contributed by atoms with Gasteiger partial charge < -0.3 is 9.13 Å². The maximum atomic E-state index is 4.98. The van der Waals surface area contributed by atoms with Crippen LogP contribution >= 0.6 is 0 Å². The molecule has 0 fully saturated rings. The van der Waals surface area contributed by atoms with E-state index in [4.69, 9.17) is 9.97 Å². The van der Waals surface area contributed by atoms with Crippen molar-refractivity contribution in [2.75, 3.05) is 0 Å². The van der Waals surface area contributed by atoms with Gasteiger partial charge in [0.2, 0.25) is 0 Å². The van der Waals surface area contributed by atoms with Crippen molar-refractivity contribution in [1.29, 1.82) is 0 Å². The van der Waals surface area contributed by atoms with E-state index in [1.54, 1.807) is 0 Å². The monoisotopic (exact) mass is 870 g/mol. The van der Waals surface area contributed by atoms with Crippen LogP contribution in [0.1, 0.15) is 11.1 Å². The third-order valence-electron chi connectivity index (χ3n) is 15.2. The second-order valence-corrected chi connectivity index (χ2v) is 18.6. The number of aromatic nitrogens is 6. The van der Waals surface area contributed by atoms with Crippen molar-refractivity contribution in [3.8, 4) is 45.0 Å². The van der Waals surface area contributed by atoms with E-state index in [1.807, 2.05) is 24.5 Å². The molecule has 0 atom stereocenters. The Kier molecular flexibility index (Phi) is 7.66. The van der Waals surface area contributed by atoms with Gasteiger partial charge in [0.1, 0.15) is 11.6 Å². The van der Waals surface area contributed by atoms with E-state index in [0.717, 1.165) is 41.0 Å². The number of fused-ring (bicyclic) bond motifs is 16. The summed E-state index contributed by atoms with van der Waals surface area (Å²) in [7, 11) is 4.32. The normalized spacial score (nSPS) is 12.7. The summed E-state index contributed by atoms with van der Waals surface area (Å²) in [5.74, 6) is 1.84. The largest absolute Gasteiger partial charge is 0.344 e. The minimum absolute atomic E-state index is 0.912. The molecule has 6 nitrogen and oxygen atoms in total. The Balaban J connectivity index is 0.928. The number of nitrogens with zero attached hydrogens (tertiary/aromatic N) is 6. The molecule has 0 radical (unpaired) electrons. The van der Waals surface area contributed by atoms with Crippen LogP contribution in [0.4, 0.5) is 0 Å². The fraction of sp³-hybridized carbons (Fsp3) is 0.0645. The first-order valence-corrected chi connectivity index (χ1v) is 23.6. The maximum absolute atomic E-state index is 4.98. The van der Waals surface area contributed by atoms with Crippen LogP contribution in [0.5, 0.6) is 0 Å². The zero-order chi connectivity index (χ0) is 44.8. The number of benzene rings is 8. The van der Waals surface area contributed by atoms with Gasteiger partial charge in [0.15, 0.2) is 0 Å². The predicted molar refractivity (Wildman–Crippen MR) is 282 cm³/mol. The fourth-order valence-corrected chi connectivity index (χ4v) is 12.0. The molecule has 6 heterocycles. The van der Waals surface area contributed by atoms with E-state index < -0.39 is 0 Å². The topological polar surface area (TPSA) is 45.5 Å². The van der Waals surface area contributed by atoms with Crippen LogP contribution in [0, 0.1) is 0 Å². The third kappa shape index (κ3) is 5.17. The standard InChI is InChI=1S/C62H42N6/c1-65-53-13-5-3-11-43(53)48-31-37(18-25-55(48)65)39-21-28-58-50(33-39)46-24-23-42-45(62(46)68(58)61-16-8-10-30-64-61)22-17-41-35-52-51-34-40(38-19-26-56-49(32-38)44-12-4-6-14-54(44)66(56)2)20-27-57(51)67(59(52)36-47(41)42)60-15-7-9-29-63-60/h3-16,18-21,23-36H,17,22H2,1-2H3. The van der Waals surface area contributed by atoms with Gasteiger partial charge in [-0.25, -0.2) is 9.97 Å². The molecule has 0 N–H and O–H groups in total. The van der Waals surface area contributed by atoms with Crippen LogP contribution in [0.2, 0.25) is 0 Å². The molecule has 14 aromatic rings. The smallest absolute Gasteiger partial charge is 0.137 e. The lowest BCUT2D eigenvalue weighted by atomic mass is 9.83. The van der Waals surface area contributed by atoms with Crippen LogP contribution < -0.4 is 0 Å². The summed E-state index contributed by atoms with van der Waals surface area (Å²) in [4.78, 5) is 9.92. The van der Waals surface area contributed by atoms with Gasteiger partial charge in [-0.1, -0.05) is 84.9 Å². The first kappa shape index (κ1) is 37.5. The SMILES string of the molecule is Cn1c2ccccc2c2cc(-c3ccc4c(c3)c3cc5c(cc3n4-c3ccccn3)-c3ccc4c6cc(-c7ccc8c(c7)c7ccccc7n8C)ccc6n(-c6ccccn6)c4c3CC5)ccc21. The lowest BCUT2D eigenvalue weighted by Crippen LogP contribution is -2.07. The van der Waals surface area contributed by atoms with Gasteiger partial charge in [0, 0.05) is 91.6 Å². The highest BCUT2D eigenvalue weighted by Gasteiger charge is 2.26. The Labute approximate surface area is 391 Å². The molecule has 6 heteroatoms. The van der Waals surface area contributed by atoms with Crippen LogP contribution in [-0.2, 0) is 26.9 Å². The maximum Gasteiger partial charge on any atom is 0.137 e. The van der Waals surface area contributed by atoms with Crippen molar-refractivity contribution in [3.05, 3.63) is 206 Å². The molecule has 0 aliphatic heterocycles. The first-order chi connectivity index (χ1) is 33.6. The van der Waals surface area contributed by atoms with Crippen molar-refractivity contribution >= 4 is 87.2 Å². The van der Waals surface area contributed by atoms with Crippen LogP contribution in [0.3, 0.4) is 0 Å². The first-order valence-electron chi connectivity index (χ1n) is 23.6. The number of hydrogen-bond donors (Lipinski definition) is 0. The highest BCUT2D eigenvalue weighted by molar-refractivity contribution is 6.16. The van der Waals surface area contributed by atoms with E-state index in [9.17, 15) is 0 Å². The van der Waals surface area contributed by atoms with Gasteiger partial charge in [-0.15, -0.1) is 0 Å². The molecular weight excluding hydrogens is 829 g/mol. The number of pyridine rings is 2. The molecule has 0 saturated heterocycles. The van der Waals surface area contributed by atoms with Gasteiger partial charge in [-0.05, 0) is 154 Å².